The molecular formula is C33H36O8. The molecule has 0 aromatic heterocycles. The third kappa shape index (κ3) is 6.03. The number of epoxide rings is 1. The molecule has 0 radical (unpaired) electrons. The molecule has 0 unspecified atom stereocenters. The molecule has 8 nitrogen and oxygen atoms in total. The zero-order chi connectivity index (χ0) is 29.1. The quantitative estimate of drug-likeness (QED) is 0.136. The molecule has 41 heavy (non-hydrogen) atoms. The Morgan fingerprint density at radius 2 is 1.80 bits per heavy atom. The standard InChI is InChI=1S/C33H36O8/c1-20-26-14-8-21(7-6-16-33(2)30(41-33)29(26)40-31(20)34)19-39-32(35)27(22-9-11-24(36-3)12-10-22)18-23-17-25(37-4)13-15-28(23)38-5/h7,9-13,15,17-18,26,29-30H,1,6,8,14,16,19H2,2-5H3/b21-7+,27-18+/t26-,29-,30-,33+/m0/s1. The minimum atomic E-state index is -0.475. The number of methoxy groups -OCH3 is 3. The summed E-state index contributed by atoms with van der Waals surface area (Å²) in [6, 6.07) is 12.6. The molecule has 2 heterocycles. The number of hydrogen-bond acceptors (Lipinski definition) is 8. The number of ether oxygens (including phenoxy) is 6. The van der Waals surface area contributed by atoms with Crippen molar-refractivity contribution >= 4 is 23.6 Å². The van der Waals surface area contributed by atoms with Gasteiger partial charge >= 0.3 is 11.9 Å². The van der Waals surface area contributed by atoms with E-state index in [1.165, 1.54) is 0 Å². The van der Waals surface area contributed by atoms with Crippen molar-refractivity contribution in [2.24, 2.45) is 5.92 Å². The summed E-state index contributed by atoms with van der Waals surface area (Å²) in [6.07, 6.45) is 6.33. The van der Waals surface area contributed by atoms with Crippen LogP contribution >= 0.6 is 0 Å². The van der Waals surface area contributed by atoms with E-state index in [9.17, 15) is 9.59 Å². The predicted octanol–water partition coefficient (Wildman–Crippen LogP) is 5.55. The smallest absolute Gasteiger partial charge is 0.339 e. The summed E-state index contributed by atoms with van der Waals surface area (Å²) in [4.78, 5) is 25.9. The number of allylic oxidation sites excluding steroid dienone is 1. The summed E-state index contributed by atoms with van der Waals surface area (Å²) in [5.41, 5.74) is 2.86. The molecule has 5 rings (SSSR count). The van der Waals surface area contributed by atoms with Crippen molar-refractivity contribution in [1.82, 2.24) is 0 Å². The Morgan fingerprint density at radius 1 is 1.07 bits per heavy atom. The molecular weight excluding hydrogens is 524 g/mol. The van der Waals surface area contributed by atoms with Crippen LogP contribution in [-0.2, 0) is 23.8 Å². The second-order valence-electron chi connectivity index (χ2n) is 10.8. The van der Waals surface area contributed by atoms with Crippen molar-refractivity contribution < 1.29 is 38.0 Å². The minimum absolute atomic E-state index is 0.103. The molecule has 4 atom stereocenters. The molecule has 2 fully saturated rings. The van der Waals surface area contributed by atoms with Gasteiger partial charge in [-0.15, -0.1) is 0 Å². The Kier molecular flexibility index (Phi) is 8.22. The van der Waals surface area contributed by atoms with Crippen LogP contribution in [-0.4, -0.2) is 57.7 Å². The average Bonchev–Trinajstić information content (AvgIpc) is 3.58. The van der Waals surface area contributed by atoms with E-state index in [1.54, 1.807) is 51.7 Å². The molecule has 0 amide bonds. The van der Waals surface area contributed by atoms with Crippen LogP contribution in [0, 0.1) is 5.92 Å². The Balaban J connectivity index is 1.38. The molecule has 0 N–H and O–H groups in total. The second-order valence-corrected chi connectivity index (χ2v) is 10.8. The molecule has 1 aliphatic carbocycles. The number of hydrogen-bond donors (Lipinski definition) is 0. The largest absolute Gasteiger partial charge is 0.497 e. The van der Waals surface area contributed by atoms with Crippen LogP contribution < -0.4 is 14.2 Å². The summed E-state index contributed by atoms with van der Waals surface area (Å²) in [6.45, 7) is 6.17. The maximum atomic E-state index is 13.6. The van der Waals surface area contributed by atoms with Crippen molar-refractivity contribution in [1.29, 1.82) is 0 Å². The van der Waals surface area contributed by atoms with Gasteiger partial charge in [-0.2, -0.15) is 0 Å². The van der Waals surface area contributed by atoms with E-state index in [1.807, 2.05) is 18.2 Å². The molecule has 0 saturated carbocycles. The average molecular weight is 561 g/mol. The van der Waals surface area contributed by atoms with Gasteiger partial charge in [0.05, 0.1) is 32.5 Å². The number of carbonyl (C=O) groups is 2. The fraction of sp³-hybridized carbons (Fsp3) is 0.394. The van der Waals surface area contributed by atoms with Crippen molar-refractivity contribution in [3.05, 3.63) is 77.4 Å². The monoisotopic (exact) mass is 560 g/mol. The molecule has 2 aromatic rings. The van der Waals surface area contributed by atoms with Gasteiger partial charge in [-0.25, -0.2) is 9.59 Å². The van der Waals surface area contributed by atoms with E-state index < -0.39 is 5.97 Å². The molecule has 0 bridgehead atoms. The molecule has 216 valence electrons. The predicted molar refractivity (Wildman–Crippen MR) is 154 cm³/mol. The van der Waals surface area contributed by atoms with Gasteiger partial charge in [0.15, 0.2) is 0 Å². The number of carbonyl (C=O) groups excluding carboxylic acids is 2. The van der Waals surface area contributed by atoms with E-state index in [0.717, 1.165) is 18.4 Å². The van der Waals surface area contributed by atoms with Gasteiger partial charge in [0.2, 0.25) is 0 Å². The second kappa shape index (κ2) is 11.8. The summed E-state index contributed by atoms with van der Waals surface area (Å²) < 4.78 is 33.8. The van der Waals surface area contributed by atoms with Crippen LogP contribution in [0.5, 0.6) is 17.2 Å². The highest BCUT2D eigenvalue weighted by Crippen LogP contribution is 2.49. The fourth-order valence-electron chi connectivity index (χ4n) is 5.63. The Hall–Kier alpha value is -4.04. The number of benzene rings is 2. The van der Waals surface area contributed by atoms with Crippen LogP contribution in [0.4, 0.5) is 0 Å². The lowest BCUT2D eigenvalue weighted by Crippen LogP contribution is -2.29. The molecule has 2 aliphatic heterocycles. The lowest BCUT2D eigenvalue weighted by atomic mass is 9.84. The maximum absolute atomic E-state index is 13.6. The topological polar surface area (TPSA) is 92.8 Å². The van der Waals surface area contributed by atoms with Gasteiger partial charge in [-0.3, -0.25) is 0 Å². The van der Waals surface area contributed by atoms with Crippen LogP contribution in [0.2, 0.25) is 0 Å². The van der Waals surface area contributed by atoms with Crippen molar-refractivity contribution in [2.45, 2.75) is 50.4 Å². The maximum Gasteiger partial charge on any atom is 0.339 e. The van der Waals surface area contributed by atoms with Gasteiger partial charge in [-0.05, 0) is 80.2 Å². The number of fused-ring (bicyclic) bond motifs is 3. The molecule has 8 heteroatoms. The number of rotatable bonds is 8. The van der Waals surface area contributed by atoms with E-state index in [4.69, 9.17) is 28.4 Å². The molecule has 2 aromatic carbocycles. The van der Waals surface area contributed by atoms with Crippen LogP contribution in [0.1, 0.15) is 43.7 Å². The molecule has 0 spiro atoms. The summed E-state index contributed by atoms with van der Waals surface area (Å²) >= 11 is 0. The van der Waals surface area contributed by atoms with Gasteiger partial charge < -0.3 is 28.4 Å². The molecule has 2 saturated heterocycles. The lowest BCUT2D eigenvalue weighted by molar-refractivity contribution is -0.140. The molecule has 3 aliphatic rings. The van der Waals surface area contributed by atoms with Crippen LogP contribution in [0.25, 0.3) is 11.6 Å². The first kappa shape index (κ1) is 28.5. The highest BCUT2D eigenvalue weighted by molar-refractivity contribution is 6.21. The Bertz CT molecular complexity index is 1390. The summed E-state index contributed by atoms with van der Waals surface area (Å²) in [7, 11) is 4.75. The van der Waals surface area contributed by atoms with E-state index in [2.05, 4.69) is 19.6 Å². The minimum Gasteiger partial charge on any atom is -0.497 e. The Labute approximate surface area is 240 Å². The van der Waals surface area contributed by atoms with Gasteiger partial charge in [0, 0.05) is 17.1 Å². The zero-order valence-electron chi connectivity index (χ0n) is 23.9. The summed E-state index contributed by atoms with van der Waals surface area (Å²) in [5, 5.41) is 0. The highest BCUT2D eigenvalue weighted by Gasteiger charge is 2.61. The van der Waals surface area contributed by atoms with E-state index in [-0.39, 0.29) is 36.3 Å². The zero-order valence-corrected chi connectivity index (χ0v) is 23.9. The van der Waals surface area contributed by atoms with Crippen molar-refractivity contribution in [3.8, 4) is 17.2 Å². The first-order valence-electron chi connectivity index (χ1n) is 13.8. The highest BCUT2D eigenvalue weighted by atomic mass is 16.6. The normalized spacial score (nSPS) is 27.0. The van der Waals surface area contributed by atoms with Gasteiger partial charge in [-0.1, -0.05) is 24.8 Å². The van der Waals surface area contributed by atoms with Gasteiger partial charge in [0.1, 0.15) is 36.1 Å². The summed E-state index contributed by atoms with van der Waals surface area (Å²) in [5.74, 6) is 0.958. The van der Waals surface area contributed by atoms with Crippen molar-refractivity contribution in [3.63, 3.8) is 0 Å². The third-order valence-electron chi connectivity index (χ3n) is 8.19. The van der Waals surface area contributed by atoms with Crippen LogP contribution in [0.3, 0.4) is 0 Å². The third-order valence-corrected chi connectivity index (χ3v) is 8.19. The Morgan fingerprint density at radius 3 is 2.51 bits per heavy atom. The van der Waals surface area contributed by atoms with Crippen LogP contribution in [0.15, 0.2) is 66.3 Å². The van der Waals surface area contributed by atoms with E-state index in [0.29, 0.717) is 52.4 Å². The SMILES string of the molecule is C=C1C(=O)O[C@H]2[C@H]1CC/C(COC(=O)/C(=C/c1cc(OC)ccc1OC)c1ccc(OC)cc1)=C\CC[C@@]1(C)O[C@@H]21. The van der Waals surface area contributed by atoms with E-state index >= 15 is 0 Å². The fourth-order valence-corrected chi connectivity index (χ4v) is 5.63. The van der Waals surface area contributed by atoms with Gasteiger partial charge in [0.25, 0.3) is 0 Å². The first-order valence-corrected chi connectivity index (χ1v) is 13.8. The first-order chi connectivity index (χ1) is 19.8. The lowest BCUT2D eigenvalue weighted by Gasteiger charge is -2.20. The van der Waals surface area contributed by atoms with Crippen molar-refractivity contribution in [2.75, 3.05) is 27.9 Å². The number of esters is 2.